The van der Waals surface area contributed by atoms with E-state index in [4.69, 9.17) is 15.0 Å². The number of unbranched alkanes of at least 4 members (excludes halogenated alkanes) is 3. The minimum Gasteiger partial charge on any atom is -0.340 e. The van der Waals surface area contributed by atoms with Crippen LogP contribution >= 0.6 is 0 Å². The van der Waals surface area contributed by atoms with Crippen LogP contribution in [0.1, 0.15) is 148 Å². The van der Waals surface area contributed by atoms with E-state index in [-0.39, 0.29) is 20.1 Å². The van der Waals surface area contributed by atoms with Gasteiger partial charge in [-0.25, -0.2) is 0 Å². The van der Waals surface area contributed by atoms with E-state index in [1.165, 1.54) is 101 Å². The van der Waals surface area contributed by atoms with E-state index in [0.717, 1.165) is 111 Å². The summed E-state index contributed by atoms with van der Waals surface area (Å²) in [7, 11) is 0. The smallest absolute Gasteiger partial charge is 0.340 e. The minimum atomic E-state index is 0. The van der Waals surface area contributed by atoms with Crippen LogP contribution < -0.4 is 0 Å². The first-order valence-electron chi connectivity index (χ1n) is 34.9. The summed E-state index contributed by atoms with van der Waals surface area (Å²) in [6.07, 6.45) is 24.5. The third-order valence-electron chi connectivity index (χ3n) is 18.9. The van der Waals surface area contributed by atoms with Gasteiger partial charge in [-0.3, -0.25) is 15.0 Å². The van der Waals surface area contributed by atoms with Crippen molar-refractivity contribution in [3.05, 3.63) is 324 Å². The standard InChI is InChI=1S/C90H87N6.Ir/c1-64(2)82-61-79(70-34-13-7-14-35-70)58-76(85(82)94-52-49-91-88(94)73-40-19-10-20-41-73)46-28-25-31-67-55-68(32-26-29-47-77-59-80(71-36-15-8-16-37-71)62-83(65(3)4)86(77)95-53-50-92-89(95)74-42-21-11-22-43-74)57-69(56-67)33-27-30-48-78-60-81(72-38-17-9-18-39-72)63-84(66(5)6)87(78)96-54-51-93-90(96)75-44-23-12-24-45-75;/h7-24,34-40,42,44,49-66H,25-33,46-48H2,1-6H3;/q-3;+3. The Morgan fingerprint density at radius 3 is 0.825 bits per heavy atom. The van der Waals surface area contributed by atoms with Crippen LogP contribution in [0.4, 0.5) is 0 Å². The van der Waals surface area contributed by atoms with Crippen LogP contribution in [0.15, 0.2) is 256 Å². The molecule has 486 valence electrons. The fourth-order valence-electron chi connectivity index (χ4n) is 14.2. The molecule has 13 rings (SSSR count). The maximum atomic E-state index is 4.95. The van der Waals surface area contributed by atoms with Gasteiger partial charge in [0.05, 0.1) is 17.5 Å². The molecule has 10 aromatic carbocycles. The third-order valence-corrected chi connectivity index (χ3v) is 18.9. The van der Waals surface area contributed by atoms with Gasteiger partial charge in [0.15, 0.2) is 0 Å². The van der Waals surface area contributed by atoms with E-state index in [2.05, 4.69) is 274 Å². The molecule has 0 unspecified atom stereocenters. The van der Waals surface area contributed by atoms with E-state index in [9.17, 15) is 0 Å². The molecule has 0 aliphatic heterocycles. The first-order chi connectivity index (χ1) is 47.1. The number of aryl methyl sites for hydroxylation is 6. The molecule has 0 saturated heterocycles. The Hall–Kier alpha value is -9.52. The topological polar surface area (TPSA) is 53.5 Å². The summed E-state index contributed by atoms with van der Waals surface area (Å²) in [6, 6.07) is 90.0. The molecular formula is C90H87IrN6. The fraction of sp³-hybridized carbons (Fsp3) is 0.233. The molecule has 0 spiro atoms. The second-order valence-electron chi connectivity index (χ2n) is 26.8. The van der Waals surface area contributed by atoms with Crippen LogP contribution in [-0.4, -0.2) is 28.7 Å². The van der Waals surface area contributed by atoms with Crippen LogP contribution in [0.3, 0.4) is 0 Å². The molecule has 0 aliphatic carbocycles. The van der Waals surface area contributed by atoms with Gasteiger partial charge in [-0.1, -0.05) is 151 Å². The molecule has 0 fully saturated rings. The van der Waals surface area contributed by atoms with E-state index in [1.807, 2.05) is 55.0 Å². The number of nitrogens with zero attached hydrogens (tertiary/aromatic N) is 6. The van der Waals surface area contributed by atoms with Gasteiger partial charge in [-0.15, -0.1) is 108 Å². The van der Waals surface area contributed by atoms with Crippen molar-refractivity contribution in [2.75, 3.05) is 0 Å². The molecule has 0 aliphatic rings. The predicted octanol–water partition coefficient (Wildman–Crippen LogP) is 22.7. The van der Waals surface area contributed by atoms with E-state index in [1.54, 1.807) is 0 Å². The Bertz CT molecular complexity index is 4170. The Labute approximate surface area is 589 Å². The molecule has 0 radical (unpaired) electrons. The first kappa shape index (κ1) is 67.5. The van der Waals surface area contributed by atoms with Gasteiger partial charge < -0.3 is 13.7 Å². The first-order valence-corrected chi connectivity index (χ1v) is 34.9. The van der Waals surface area contributed by atoms with E-state index < -0.39 is 0 Å². The van der Waals surface area contributed by atoms with Crippen LogP contribution in [-0.2, 0) is 58.6 Å². The molecule has 97 heavy (non-hydrogen) atoms. The van der Waals surface area contributed by atoms with Crippen molar-refractivity contribution in [1.29, 1.82) is 0 Å². The van der Waals surface area contributed by atoms with E-state index >= 15 is 0 Å². The largest absolute Gasteiger partial charge is 3.00 e. The molecule has 13 aromatic rings. The van der Waals surface area contributed by atoms with Gasteiger partial charge in [0.1, 0.15) is 0 Å². The number of rotatable bonds is 27. The molecule has 0 N–H and O–H groups in total. The van der Waals surface area contributed by atoms with Crippen LogP contribution in [0.25, 0.3) is 84.6 Å². The summed E-state index contributed by atoms with van der Waals surface area (Å²) in [4.78, 5) is 14.8. The average Bonchev–Trinajstić information content (AvgIpc) is 1.77. The van der Waals surface area contributed by atoms with Gasteiger partial charge in [0.25, 0.3) is 0 Å². The average molecular weight is 1440 g/mol. The number of hydrogen-bond acceptors (Lipinski definition) is 3. The van der Waals surface area contributed by atoms with Crippen LogP contribution in [0.2, 0.25) is 0 Å². The monoisotopic (exact) mass is 1440 g/mol. The summed E-state index contributed by atoms with van der Waals surface area (Å²) in [5.41, 5.74) is 26.6. The van der Waals surface area contributed by atoms with Crippen molar-refractivity contribution in [2.45, 2.75) is 136 Å². The summed E-state index contributed by atoms with van der Waals surface area (Å²) < 4.78 is 6.98. The van der Waals surface area contributed by atoms with Gasteiger partial charge in [0.2, 0.25) is 0 Å². The zero-order valence-electron chi connectivity index (χ0n) is 57.0. The van der Waals surface area contributed by atoms with Gasteiger partial charge in [-0.05, 0) is 215 Å². The van der Waals surface area contributed by atoms with Gasteiger partial charge >= 0.3 is 20.1 Å². The Kier molecular flexibility index (Phi) is 22.3. The molecule has 0 amide bonds. The molecule has 0 atom stereocenters. The van der Waals surface area contributed by atoms with Crippen molar-refractivity contribution >= 4 is 0 Å². The maximum Gasteiger partial charge on any atom is 3.00 e. The minimum absolute atomic E-state index is 0. The normalized spacial score (nSPS) is 11.5. The summed E-state index contributed by atoms with van der Waals surface area (Å²) in [5.74, 6) is 3.64. The SMILES string of the molecule is CC(C)c1cc(-c2ccccc2)cc(CCCCc2cc(CCCCc3cc(-c4ccccc4)cc(C(C)C)c3-n3ccnc3-c3[c-]cccc3)cc(CCCCc3cc(-c4ccccc4)cc(C(C)C)c3-n3ccnc3-c3[c-]cccc3)c2)c1-n1ccnc1-c1[c-]cccc1.[Ir+3]. The van der Waals surface area contributed by atoms with Gasteiger partial charge in [0, 0.05) is 54.2 Å². The number of benzene rings is 10. The fourth-order valence-corrected chi connectivity index (χ4v) is 14.2. The molecule has 3 heterocycles. The summed E-state index contributed by atoms with van der Waals surface area (Å²) in [5, 5.41) is 0. The zero-order valence-corrected chi connectivity index (χ0v) is 59.4. The quantitative estimate of drug-likeness (QED) is 0.0381. The van der Waals surface area contributed by atoms with Crippen molar-refractivity contribution in [3.63, 3.8) is 0 Å². The van der Waals surface area contributed by atoms with Crippen molar-refractivity contribution in [2.24, 2.45) is 0 Å². The Morgan fingerprint density at radius 1 is 0.299 bits per heavy atom. The third kappa shape index (κ3) is 15.8. The zero-order chi connectivity index (χ0) is 65.7. The molecule has 0 bridgehead atoms. The number of imidazole rings is 3. The van der Waals surface area contributed by atoms with Crippen LogP contribution in [0.5, 0.6) is 0 Å². The number of hydrogen-bond donors (Lipinski definition) is 0. The van der Waals surface area contributed by atoms with E-state index in [0.29, 0.717) is 17.8 Å². The van der Waals surface area contributed by atoms with Crippen molar-refractivity contribution < 1.29 is 20.1 Å². The Morgan fingerprint density at radius 2 is 0.567 bits per heavy atom. The molecular weight excluding hydrogens is 1360 g/mol. The summed E-state index contributed by atoms with van der Waals surface area (Å²) >= 11 is 0. The molecule has 7 heteroatoms. The maximum absolute atomic E-state index is 4.95. The number of aromatic nitrogens is 6. The van der Waals surface area contributed by atoms with Gasteiger partial charge in [-0.2, -0.15) is 0 Å². The molecule has 0 saturated carbocycles. The van der Waals surface area contributed by atoms with Crippen molar-refractivity contribution in [1.82, 2.24) is 28.7 Å². The summed E-state index contributed by atoms with van der Waals surface area (Å²) in [6.45, 7) is 13.9. The predicted molar refractivity (Wildman–Crippen MR) is 398 cm³/mol. The molecule has 3 aromatic heterocycles. The van der Waals surface area contributed by atoms with Crippen molar-refractivity contribution in [3.8, 4) is 84.6 Å². The Balaban J connectivity index is 0.00000897. The second-order valence-corrected chi connectivity index (χ2v) is 26.8. The van der Waals surface area contributed by atoms with Crippen LogP contribution in [0, 0.1) is 18.2 Å². The second kappa shape index (κ2) is 32.0. The molecule has 6 nitrogen and oxygen atoms in total.